The molecular formula is C18H17ClOS. The maximum absolute atomic E-state index is 6.08. The average Bonchev–Trinajstić information content (AvgIpc) is 2.89. The Morgan fingerprint density at radius 1 is 1.10 bits per heavy atom. The zero-order valence-electron chi connectivity index (χ0n) is 12.2. The molecule has 0 aliphatic carbocycles. The van der Waals surface area contributed by atoms with Gasteiger partial charge >= 0.3 is 0 Å². The monoisotopic (exact) mass is 316 g/mol. The molecule has 0 radical (unpaired) electrons. The van der Waals surface area contributed by atoms with Crippen molar-refractivity contribution in [2.24, 2.45) is 0 Å². The molecule has 0 aliphatic rings. The number of alkyl halides is 1. The first-order valence-electron chi connectivity index (χ1n) is 6.93. The van der Waals surface area contributed by atoms with Gasteiger partial charge in [0.05, 0.1) is 0 Å². The number of hydrogen-bond donors (Lipinski definition) is 0. The minimum Gasteiger partial charge on any atom is -0.488 e. The Labute approximate surface area is 134 Å². The third-order valence-corrected chi connectivity index (χ3v) is 4.93. The standard InChI is InChI=1S/C18H17ClOS/c1-12-7-14(9-19)8-13(2)18(12)20-10-15-11-21-17-6-4-3-5-16(15)17/h3-8,11H,9-10H2,1-2H3. The van der Waals surface area contributed by atoms with Gasteiger partial charge in [-0.3, -0.25) is 0 Å². The number of thiophene rings is 1. The van der Waals surface area contributed by atoms with Crippen LogP contribution < -0.4 is 4.74 Å². The summed E-state index contributed by atoms with van der Waals surface area (Å²) in [6.45, 7) is 4.75. The largest absolute Gasteiger partial charge is 0.488 e. The van der Waals surface area contributed by atoms with E-state index in [0.717, 1.165) is 22.4 Å². The van der Waals surface area contributed by atoms with Gasteiger partial charge in [0.2, 0.25) is 0 Å². The second kappa shape index (κ2) is 6.08. The summed E-state index contributed by atoms with van der Waals surface area (Å²) in [6, 6.07) is 12.6. The van der Waals surface area contributed by atoms with Gasteiger partial charge in [0.15, 0.2) is 0 Å². The molecule has 3 rings (SSSR count). The SMILES string of the molecule is Cc1cc(CCl)cc(C)c1OCc1csc2ccccc12. The molecule has 0 N–H and O–H groups in total. The number of rotatable bonds is 4. The Morgan fingerprint density at radius 2 is 1.81 bits per heavy atom. The van der Waals surface area contributed by atoms with Gasteiger partial charge in [-0.1, -0.05) is 30.3 Å². The van der Waals surface area contributed by atoms with Crippen LogP contribution >= 0.6 is 22.9 Å². The van der Waals surface area contributed by atoms with Crippen molar-refractivity contribution >= 4 is 33.0 Å². The predicted molar refractivity (Wildman–Crippen MR) is 91.6 cm³/mol. The maximum atomic E-state index is 6.08. The van der Waals surface area contributed by atoms with Crippen molar-refractivity contribution in [2.45, 2.75) is 26.3 Å². The van der Waals surface area contributed by atoms with Crippen LogP contribution in [0.15, 0.2) is 41.8 Å². The van der Waals surface area contributed by atoms with Gasteiger partial charge in [0.25, 0.3) is 0 Å². The molecule has 108 valence electrons. The molecule has 0 saturated heterocycles. The highest BCUT2D eigenvalue weighted by Crippen LogP contribution is 2.29. The van der Waals surface area contributed by atoms with E-state index in [4.69, 9.17) is 16.3 Å². The molecule has 2 aromatic carbocycles. The van der Waals surface area contributed by atoms with Crippen molar-refractivity contribution in [3.05, 3.63) is 64.0 Å². The number of benzene rings is 2. The summed E-state index contributed by atoms with van der Waals surface area (Å²) in [6.07, 6.45) is 0. The van der Waals surface area contributed by atoms with Crippen LogP contribution in [-0.4, -0.2) is 0 Å². The highest BCUT2D eigenvalue weighted by Gasteiger charge is 2.09. The van der Waals surface area contributed by atoms with E-state index in [9.17, 15) is 0 Å². The van der Waals surface area contributed by atoms with Crippen LogP contribution in [0, 0.1) is 13.8 Å². The van der Waals surface area contributed by atoms with Crippen LogP contribution in [0.25, 0.3) is 10.1 Å². The van der Waals surface area contributed by atoms with Crippen molar-refractivity contribution in [2.75, 3.05) is 0 Å². The second-order valence-electron chi connectivity index (χ2n) is 5.24. The van der Waals surface area contributed by atoms with Crippen LogP contribution in [0.3, 0.4) is 0 Å². The zero-order valence-corrected chi connectivity index (χ0v) is 13.7. The van der Waals surface area contributed by atoms with Gasteiger partial charge in [-0.15, -0.1) is 22.9 Å². The molecule has 1 heterocycles. The van der Waals surface area contributed by atoms with Gasteiger partial charge in [0.1, 0.15) is 12.4 Å². The fourth-order valence-electron chi connectivity index (χ4n) is 2.64. The van der Waals surface area contributed by atoms with Crippen molar-refractivity contribution in [1.82, 2.24) is 0 Å². The zero-order chi connectivity index (χ0) is 14.8. The topological polar surface area (TPSA) is 9.23 Å². The van der Waals surface area contributed by atoms with Gasteiger partial charge in [0, 0.05) is 16.1 Å². The van der Waals surface area contributed by atoms with Crippen LogP contribution in [-0.2, 0) is 12.5 Å². The maximum Gasteiger partial charge on any atom is 0.125 e. The Kier molecular flexibility index (Phi) is 4.18. The summed E-state index contributed by atoms with van der Waals surface area (Å²) in [4.78, 5) is 0. The minimum absolute atomic E-state index is 0.539. The molecule has 3 heteroatoms. The first kappa shape index (κ1) is 14.4. The molecule has 3 aromatic rings. The number of fused-ring (bicyclic) bond motifs is 1. The highest BCUT2D eigenvalue weighted by atomic mass is 35.5. The fraction of sp³-hybridized carbons (Fsp3) is 0.222. The molecule has 0 unspecified atom stereocenters. The summed E-state index contributed by atoms with van der Waals surface area (Å²) in [5.74, 6) is 1.51. The first-order chi connectivity index (χ1) is 10.2. The first-order valence-corrected chi connectivity index (χ1v) is 8.34. The van der Waals surface area contributed by atoms with Crippen molar-refractivity contribution in [3.63, 3.8) is 0 Å². The number of halogens is 1. The number of ether oxygens (including phenoxy) is 1. The fourth-order valence-corrected chi connectivity index (χ4v) is 3.74. The summed E-state index contributed by atoms with van der Waals surface area (Å²) in [5, 5.41) is 3.47. The molecule has 0 amide bonds. The summed E-state index contributed by atoms with van der Waals surface area (Å²) in [7, 11) is 0. The molecular weight excluding hydrogens is 300 g/mol. The van der Waals surface area contributed by atoms with E-state index in [1.165, 1.54) is 15.6 Å². The highest BCUT2D eigenvalue weighted by molar-refractivity contribution is 7.17. The molecule has 0 atom stereocenters. The number of aryl methyl sites for hydroxylation is 2. The summed E-state index contributed by atoms with van der Waals surface area (Å²) >= 11 is 7.67. The van der Waals surface area contributed by atoms with E-state index in [2.05, 4.69) is 55.6 Å². The Balaban J connectivity index is 1.85. The lowest BCUT2D eigenvalue weighted by Crippen LogP contribution is -1.99. The van der Waals surface area contributed by atoms with Crippen LogP contribution in [0.1, 0.15) is 22.3 Å². The third-order valence-electron chi connectivity index (χ3n) is 3.61. The van der Waals surface area contributed by atoms with E-state index in [1.807, 2.05) is 0 Å². The lowest BCUT2D eigenvalue weighted by Gasteiger charge is -2.13. The average molecular weight is 317 g/mol. The summed E-state index contributed by atoms with van der Waals surface area (Å²) in [5.41, 5.74) is 4.67. The predicted octanol–water partition coefficient (Wildman–Crippen LogP) is 5.84. The molecule has 0 aliphatic heterocycles. The van der Waals surface area contributed by atoms with Crippen LogP contribution in [0.2, 0.25) is 0 Å². The third kappa shape index (κ3) is 2.92. The molecule has 0 saturated carbocycles. The van der Waals surface area contributed by atoms with E-state index >= 15 is 0 Å². The van der Waals surface area contributed by atoms with Crippen molar-refractivity contribution in [1.29, 1.82) is 0 Å². The molecule has 0 bridgehead atoms. The second-order valence-corrected chi connectivity index (χ2v) is 6.42. The summed E-state index contributed by atoms with van der Waals surface area (Å²) < 4.78 is 7.39. The van der Waals surface area contributed by atoms with Crippen molar-refractivity contribution in [3.8, 4) is 5.75 Å². The van der Waals surface area contributed by atoms with Gasteiger partial charge < -0.3 is 4.74 Å². The van der Waals surface area contributed by atoms with Gasteiger partial charge in [-0.25, -0.2) is 0 Å². The molecule has 0 spiro atoms. The van der Waals surface area contributed by atoms with E-state index < -0.39 is 0 Å². The lowest BCUT2D eigenvalue weighted by atomic mass is 10.1. The quantitative estimate of drug-likeness (QED) is 0.550. The smallest absolute Gasteiger partial charge is 0.125 e. The van der Waals surface area contributed by atoms with Gasteiger partial charge in [-0.05, 0) is 47.4 Å². The normalized spacial score (nSPS) is 11.0. The van der Waals surface area contributed by atoms with Crippen LogP contribution in [0.4, 0.5) is 0 Å². The van der Waals surface area contributed by atoms with Crippen LogP contribution in [0.5, 0.6) is 5.75 Å². The molecule has 21 heavy (non-hydrogen) atoms. The molecule has 1 aromatic heterocycles. The minimum atomic E-state index is 0.539. The van der Waals surface area contributed by atoms with E-state index in [0.29, 0.717) is 12.5 Å². The molecule has 1 nitrogen and oxygen atoms in total. The van der Waals surface area contributed by atoms with Gasteiger partial charge in [-0.2, -0.15) is 0 Å². The molecule has 0 fully saturated rings. The Hall–Kier alpha value is -1.51. The Morgan fingerprint density at radius 3 is 2.52 bits per heavy atom. The number of hydrogen-bond acceptors (Lipinski definition) is 2. The van der Waals surface area contributed by atoms with E-state index in [1.54, 1.807) is 11.3 Å². The van der Waals surface area contributed by atoms with E-state index in [-0.39, 0.29) is 0 Å². The Bertz CT molecular complexity index is 753. The lowest BCUT2D eigenvalue weighted by molar-refractivity contribution is 0.303. The van der Waals surface area contributed by atoms with Crippen molar-refractivity contribution < 1.29 is 4.74 Å².